The number of nitrogens with zero attached hydrogens (tertiary/aromatic N) is 4. The summed E-state index contributed by atoms with van der Waals surface area (Å²) in [6.07, 6.45) is 1.55. The molecule has 0 N–H and O–H groups in total. The van der Waals surface area contributed by atoms with Crippen LogP contribution in [0.25, 0.3) is 21.9 Å². The lowest BCUT2D eigenvalue weighted by Gasteiger charge is -2.14. The summed E-state index contributed by atoms with van der Waals surface area (Å²) in [4.78, 5) is 19.7. The predicted molar refractivity (Wildman–Crippen MR) is 105 cm³/mol. The molecule has 0 aliphatic carbocycles. The predicted octanol–water partition coefficient (Wildman–Crippen LogP) is 4.59. The normalized spacial score (nSPS) is 11.7. The van der Waals surface area contributed by atoms with E-state index >= 15 is 0 Å². The van der Waals surface area contributed by atoms with Crippen molar-refractivity contribution < 1.29 is 8.83 Å². The lowest BCUT2D eigenvalue weighted by atomic mass is 10.2. The molecule has 9 heteroatoms. The molecule has 0 amide bonds. The van der Waals surface area contributed by atoms with Crippen LogP contribution in [0.1, 0.15) is 36.2 Å². The zero-order valence-corrected chi connectivity index (χ0v) is 17.0. The van der Waals surface area contributed by atoms with Gasteiger partial charge in [-0.2, -0.15) is 0 Å². The number of furan rings is 1. The van der Waals surface area contributed by atoms with Gasteiger partial charge in [-0.15, -0.1) is 21.5 Å². The molecule has 4 rings (SSSR count). The smallest absolute Gasteiger partial charge is 0.283 e. The molecule has 0 fully saturated rings. The van der Waals surface area contributed by atoms with Crippen LogP contribution in [-0.4, -0.2) is 19.7 Å². The van der Waals surface area contributed by atoms with Gasteiger partial charge < -0.3 is 8.83 Å². The first-order valence-electron chi connectivity index (χ1n) is 8.47. The Labute approximate surface area is 163 Å². The molecule has 7 nitrogen and oxygen atoms in total. The van der Waals surface area contributed by atoms with Crippen LogP contribution in [0.15, 0.2) is 37.2 Å². The molecule has 0 saturated heterocycles. The Hall–Kier alpha value is -2.39. The summed E-state index contributed by atoms with van der Waals surface area (Å²) in [5.74, 6) is 1.74. The molecule has 0 atom stereocenters. The molecule has 0 radical (unpaired) electrons. The molecule has 4 heterocycles. The molecule has 0 saturated carbocycles. The number of fused-ring (bicyclic) bond motifs is 1. The van der Waals surface area contributed by atoms with Crippen LogP contribution in [-0.2, 0) is 5.75 Å². The minimum atomic E-state index is -0.00197. The van der Waals surface area contributed by atoms with Gasteiger partial charge in [0.1, 0.15) is 4.83 Å². The third kappa shape index (κ3) is 3.21. The summed E-state index contributed by atoms with van der Waals surface area (Å²) in [7, 11) is 0. The maximum Gasteiger partial charge on any atom is 0.283 e. The summed E-state index contributed by atoms with van der Waals surface area (Å²) in [5.41, 5.74) is 1.01. The van der Waals surface area contributed by atoms with Crippen molar-refractivity contribution in [1.82, 2.24) is 19.7 Å². The summed E-state index contributed by atoms with van der Waals surface area (Å²) in [6, 6.07) is 3.52. The molecule has 0 spiro atoms. The largest absolute Gasteiger partial charge is 0.459 e. The van der Waals surface area contributed by atoms with Crippen LogP contribution < -0.4 is 5.56 Å². The van der Waals surface area contributed by atoms with Crippen molar-refractivity contribution in [1.29, 1.82) is 0 Å². The van der Waals surface area contributed by atoms with Crippen molar-refractivity contribution in [3.05, 3.63) is 45.1 Å². The highest BCUT2D eigenvalue weighted by atomic mass is 32.2. The van der Waals surface area contributed by atoms with Crippen LogP contribution in [0.2, 0.25) is 0 Å². The van der Waals surface area contributed by atoms with Crippen molar-refractivity contribution >= 4 is 33.3 Å². The van der Waals surface area contributed by atoms with E-state index in [4.69, 9.17) is 13.8 Å². The average molecular weight is 403 g/mol. The van der Waals surface area contributed by atoms with Crippen molar-refractivity contribution in [3.63, 3.8) is 0 Å². The number of aromatic nitrogens is 4. The molecule has 4 aromatic rings. The number of hydrogen-bond donors (Lipinski definition) is 0. The molecule has 27 heavy (non-hydrogen) atoms. The Kier molecular flexibility index (Phi) is 4.65. The van der Waals surface area contributed by atoms with Gasteiger partial charge in [0, 0.05) is 10.9 Å². The SMILES string of the molecule is Cc1sc2nc(SCc3nnc(-c4ccco4)o3)n(C(C)C)c(=O)c2c1C. The topological polar surface area (TPSA) is 86.9 Å². The summed E-state index contributed by atoms with van der Waals surface area (Å²) in [5, 5.41) is 9.43. The first-order valence-corrected chi connectivity index (χ1v) is 10.3. The number of rotatable bonds is 5. The van der Waals surface area contributed by atoms with E-state index in [2.05, 4.69) is 10.2 Å². The second kappa shape index (κ2) is 6.97. The van der Waals surface area contributed by atoms with Crippen LogP contribution in [0, 0.1) is 13.8 Å². The van der Waals surface area contributed by atoms with Gasteiger partial charge in [-0.1, -0.05) is 11.8 Å². The average Bonchev–Trinajstić information content (AvgIpc) is 3.34. The number of thiophene rings is 1. The molecule has 140 valence electrons. The summed E-state index contributed by atoms with van der Waals surface area (Å²) >= 11 is 2.96. The van der Waals surface area contributed by atoms with E-state index < -0.39 is 0 Å². The van der Waals surface area contributed by atoms with E-state index in [9.17, 15) is 4.79 Å². The van der Waals surface area contributed by atoms with E-state index in [0.717, 1.165) is 15.3 Å². The van der Waals surface area contributed by atoms with Gasteiger partial charge in [-0.25, -0.2) is 4.98 Å². The van der Waals surface area contributed by atoms with Crippen molar-refractivity contribution in [2.45, 2.75) is 44.6 Å². The second-order valence-electron chi connectivity index (χ2n) is 6.39. The lowest BCUT2D eigenvalue weighted by molar-refractivity contribution is 0.492. The molecule has 4 aromatic heterocycles. The minimum absolute atomic E-state index is 0.00107. The quantitative estimate of drug-likeness (QED) is 0.356. The fourth-order valence-corrected chi connectivity index (χ4v) is 4.82. The third-order valence-electron chi connectivity index (χ3n) is 4.24. The van der Waals surface area contributed by atoms with Gasteiger partial charge in [0.15, 0.2) is 10.9 Å². The standard InChI is InChI=1S/C18H18N4O3S2/c1-9(2)22-17(23)14-10(3)11(4)27-16(14)19-18(22)26-8-13-20-21-15(25-13)12-6-5-7-24-12/h5-7,9H,8H2,1-4H3. The van der Waals surface area contributed by atoms with Crippen molar-refractivity contribution in [3.8, 4) is 11.7 Å². The van der Waals surface area contributed by atoms with E-state index in [1.54, 1.807) is 34.3 Å². The Balaban J connectivity index is 1.67. The molecular weight excluding hydrogens is 384 g/mol. The van der Waals surface area contributed by atoms with Gasteiger partial charge in [-0.05, 0) is 45.4 Å². The fourth-order valence-electron chi connectivity index (χ4n) is 2.78. The lowest BCUT2D eigenvalue weighted by Crippen LogP contribution is -2.24. The molecular formula is C18H18N4O3S2. The van der Waals surface area contributed by atoms with Gasteiger partial charge in [0.05, 0.1) is 17.4 Å². The highest BCUT2D eigenvalue weighted by molar-refractivity contribution is 7.98. The first-order chi connectivity index (χ1) is 13.0. The van der Waals surface area contributed by atoms with Crippen molar-refractivity contribution in [2.75, 3.05) is 0 Å². The number of aryl methyl sites for hydroxylation is 2. The number of thioether (sulfide) groups is 1. The monoisotopic (exact) mass is 402 g/mol. The van der Waals surface area contributed by atoms with Gasteiger partial charge in [0.25, 0.3) is 11.4 Å². The van der Waals surface area contributed by atoms with Crippen LogP contribution in [0.5, 0.6) is 0 Å². The Morgan fingerprint density at radius 3 is 2.81 bits per heavy atom. The van der Waals surface area contributed by atoms with E-state index in [1.807, 2.05) is 27.7 Å². The van der Waals surface area contributed by atoms with Crippen LogP contribution >= 0.6 is 23.1 Å². The first kappa shape index (κ1) is 18.0. The number of hydrogen-bond acceptors (Lipinski definition) is 8. The molecule has 0 bridgehead atoms. The Bertz CT molecular complexity index is 1160. The van der Waals surface area contributed by atoms with Gasteiger partial charge >= 0.3 is 0 Å². The van der Waals surface area contributed by atoms with Gasteiger partial charge in [-0.3, -0.25) is 9.36 Å². The zero-order chi connectivity index (χ0) is 19.1. The maximum absolute atomic E-state index is 13.0. The van der Waals surface area contributed by atoms with Gasteiger partial charge in [0.2, 0.25) is 5.89 Å². The third-order valence-corrected chi connectivity index (χ3v) is 6.28. The zero-order valence-electron chi connectivity index (χ0n) is 15.3. The van der Waals surface area contributed by atoms with Crippen molar-refractivity contribution in [2.24, 2.45) is 0 Å². The van der Waals surface area contributed by atoms with E-state index in [1.165, 1.54) is 11.8 Å². The molecule has 0 aliphatic heterocycles. The minimum Gasteiger partial charge on any atom is -0.459 e. The Morgan fingerprint density at radius 2 is 2.11 bits per heavy atom. The maximum atomic E-state index is 13.0. The van der Waals surface area contributed by atoms with Crippen LogP contribution in [0.3, 0.4) is 0 Å². The Morgan fingerprint density at radius 1 is 1.30 bits per heavy atom. The van der Waals surface area contributed by atoms with E-state index in [-0.39, 0.29) is 11.6 Å². The fraction of sp³-hybridized carbons (Fsp3) is 0.333. The molecule has 0 unspecified atom stereocenters. The summed E-state index contributed by atoms with van der Waals surface area (Å²) in [6.45, 7) is 7.95. The van der Waals surface area contributed by atoms with Crippen LogP contribution in [0.4, 0.5) is 0 Å². The second-order valence-corrected chi connectivity index (χ2v) is 8.54. The van der Waals surface area contributed by atoms with E-state index in [0.29, 0.717) is 33.8 Å². The summed E-state index contributed by atoms with van der Waals surface area (Å²) < 4.78 is 12.6. The highest BCUT2D eigenvalue weighted by Crippen LogP contribution is 2.30. The molecule has 0 aliphatic rings. The molecule has 0 aromatic carbocycles. The highest BCUT2D eigenvalue weighted by Gasteiger charge is 2.19.